The lowest BCUT2D eigenvalue weighted by Gasteiger charge is -2.13. The van der Waals surface area contributed by atoms with Gasteiger partial charge in [0.15, 0.2) is 0 Å². The summed E-state index contributed by atoms with van der Waals surface area (Å²) in [5.41, 5.74) is 2.39. The van der Waals surface area contributed by atoms with Gasteiger partial charge in [0.05, 0.1) is 0 Å². The van der Waals surface area contributed by atoms with Crippen molar-refractivity contribution < 1.29 is 17.9 Å². The molecule has 4 aromatic rings. The van der Waals surface area contributed by atoms with E-state index in [1.807, 2.05) is 6.20 Å². The molecule has 0 aliphatic rings. The van der Waals surface area contributed by atoms with Gasteiger partial charge >= 0.3 is 6.36 Å². The van der Waals surface area contributed by atoms with Crippen molar-refractivity contribution in [1.82, 2.24) is 18.9 Å². The van der Waals surface area contributed by atoms with Crippen molar-refractivity contribution in [3.8, 4) is 22.6 Å². The number of hydrogen-bond donors (Lipinski definition) is 0. The van der Waals surface area contributed by atoms with Crippen LogP contribution in [0.4, 0.5) is 13.2 Å². The molecule has 3 heterocycles. The zero-order valence-electron chi connectivity index (χ0n) is 14.5. The Balaban J connectivity index is 1.76. The van der Waals surface area contributed by atoms with Crippen LogP contribution in [0.3, 0.4) is 0 Å². The summed E-state index contributed by atoms with van der Waals surface area (Å²) in [6, 6.07) is 6.56. The van der Waals surface area contributed by atoms with Gasteiger partial charge in [0.25, 0.3) is 5.56 Å². The predicted octanol–water partition coefficient (Wildman–Crippen LogP) is 3.75. The quantitative estimate of drug-likeness (QED) is 0.538. The van der Waals surface area contributed by atoms with Crippen molar-refractivity contribution in [2.24, 2.45) is 0 Å². The van der Waals surface area contributed by atoms with Crippen LogP contribution in [0.25, 0.3) is 22.6 Å². The highest BCUT2D eigenvalue weighted by atomic mass is 19.4. The molecule has 0 fully saturated rings. The van der Waals surface area contributed by atoms with Crippen molar-refractivity contribution in [3.63, 3.8) is 0 Å². The van der Waals surface area contributed by atoms with E-state index in [4.69, 9.17) is 0 Å². The van der Waals surface area contributed by atoms with E-state index in [0.29, 0.717) is 11.5 Å². The maximum atomic E-state index is 12.4. The number of halogens is 3. The van der Waals surface area contributed by atoms with Crippen LogP contribution < -0.4 is 10.3 Å². The first-order valence-corrected chi connectivity index (χ1v) is 8.19. The Labute approximate surface area is 156 Å². The lowest BCUT2D eigenvalue weighted by atomic mass is 10.1. The minimum absolute atomic E-state index is 0.303. The van der Waals surface area contributed by atoms with Gasteiger partial charge < -0.3 is 4.74 Å². The summed E-state index contributed by atoms with van der Waals surface area (Å²) in [4.78, 5) is 20.8. The van der Waals surface area contributed by atoms with E-state index >= 15 is 0 Å². The fourth-order valence-corrected chi connectivity index (χ4v) is 2.89. The van der Waals surface area contributed by atoms with Crippen LogP contribution >= 0.6 is 0 Å². The number of rotatable bonds is 3. The molecule has 9 heteroatoms. The third kappa shape index (κ3) is 3.46. The highest BCUT2D eigenvalue weighted by molar-refractivity contribution is 5.66. The van der Waals surface area contributed by atoms with E-state index < -0.39 is 6.36 Å². The first kappa shape index (κ1) is 17.8. The second kappa shape index (κ2) is 6.52. The Kier molecular flexibility index (Phi) is 4.14. The number of pyridine rings is 1. The van der Waals surface area contributed by atoms with Crippen LogP contribution in [0, 0.1) is 6.92 Å². The van der Waals surface area contributed by atoms with Crippen LogP contribution in [0.15, 0.2) is 66.1 Å². The van der Waals surface area contributed by atoms with Gasteiger partial charge in [-0.05, 0) is 36.8 Å². The summed E-state index contributed by atoms with van der Waals surface area (Å²) in [5, 5.41) is 0. The van der Waals surface area contributed by atoms with Crippen molar-refractivity contribution in [2.45, 2.75) is 13.3 Å². The molecule has 142 valence electrons. The number of aryl methyl sites for hydroxylation is 1. The van der Waals surface area contributed by atoms with Crippen LogP contribution in [-0.2, 0) is 0 Å². The first-order chi connectivity index (χ1) is 13.3. The molecule has 6 nitrogen and oxygen atoms in total. The van der Waals surface area contributed by atoms with Crippen molar-refractivity contribution in [2.75, 3.05) is 0 Å². The molecule has 0 amide bonds. The van der Waals surface area contributed by atoms with Gasteiger partial charge in [-0.25, -0.2) is 9.97 Å². The third-order valence-electron chi connectivity index (χ3n) is 4.17. The smallest absolute Gasteiger partial charge is 0.406 e. The molecule has 0 saturated heterocycles. The standard InChI is InChI=1S/C19H13F3N4O2/c1-12-8-17(27)26(14-2-4-15(5-3-14)28-19(20,21)22)11-16(12)13-9-24-18-23-6-7-25(18)10-13/h2-11H,1H3. The van der Waals surface area contributed by atoms with E-state index in [1.165, 1.54) is 22.8 Å². The summed E-state index contributed by atoms with van der Waals surface area (Å²) in [7, 11) is 0. The third-order valence-corrected chi connectivity index (χ3v) is 4.17. The number of imidazole rings is 1. The van der Waals surface area contributed by atoms with Crippen LogP contribution in [0.2, 0.25) is 0 Å². The van der Waals surface area contributed by atoms with Crippen molar-refractivity contribution in [1.29, 1.82) is 0 Å². The summed E-state index contributed by atoms with van der Waals surface area (Å²) in [6.45, 7) is 1.81. The Morgan fingerprint density at radius 2 is 1.82 bits per heavy atom. The van der Waals surface area contributed by atoms with E-state index in [2.05, 4.69) is 14.7 Å². The Morgan fingerprint density at radius 3 is 2.54 bits per heavy atom. The van der Waals surface area contributed by atoms with Gasteiger partial charge in [0.2, 0.25) is 5.78 Å². The van der Waals surface area contributed by atoms with E-state index in [9.17, 15) is 18.0 Å². The molecule has 0 saturated carbocycles. The molecule has 0 atom stereocenters. The van der Waals surface area contributed by atoms with Gasteiger partial charge in [0, 0.05) is 53.9 Å². The lowest BCUT2D eigenvalue weighted by Crippen LogP contribution is -2.19. The number of benzene rings is 1. The number of alkyl halides is 3. The maximum absolute atomic E-state index is 12.4. The van der Waals surface area contributed by atoms with Crippen molar-refractivity contribution in [3.05, 3.63) is 77.2 Å². The minimum Gasteiger partial charge on any atom is -0.406 e. The summed E-state index contributed by atoms with van der Waals surface area (Å²) in [5.74, 6) is 0.196. The molecule has 0 aliphatic heterocycles. The summed E-state index contributed by atoms with van der Waals surface area (Å²) < 4.78 is 43.9. The average Bonchev–Trinajstić information content (AvgIpc) is 3.09. The van der Waals surface area contributed by atoms with Crippen LogP contribution in [0.1, 0.15) is 5.56 Å². The molecule has 0 bridgehead atoms. The normalized spacial score (nSPS) is 11.7. The van der Waals surface area contributed by atoms with E-state index in [0.717, 1.165) is 28.8 Å². The molecule has 3 aromatic heterocycles. The van der Waals surface area contributed by atoms with Gasteiger partial charge in [0.1, 0.15) is 5.75 Å². The van der Waals surface area contributed by atoms with E-state index in [1.54, 1.807) is 36.1 Å². The first-order valence-electron chi connectivity index (χ1n) is 8.19. The SMILES string of the molecule is Cc1cc(=O)n(-c2ccc(OC(F)(F)F)cc2)cc1-c1cnc2nccn2c1. The highest BCUT2D eigenvalue weighted by Gasteiger charge is 2.31. The zero-order chi connectivity index (χ0) is 19.9. The molecule has 0 spiro atoms. The lowest BCUT2D eigenvalue weighted by molar-refractivity contribution is -0.274. The molecular formula is C19H13F3N4O2. The molecule has 0 N–H and O–H groups in total. The summed E-state index contributed by atoms with van der Waals surface area (Å²) >= 11 is 0. The Bertz CT molecular complexity index is 1210. The molecule has 0 unspecified atom stereocenters. The number of aromatic nitrogens is 4. The molecule has 4 rings (SSSR count). The Hall–Kier alpha value is -3.62. The number of hydrogen-bond acceptors (Lipinski definition) is 4. The average molecular weight is 386 g/mol. The molecule has 28 heavy (non-hydrogen) atoms. The van der Waals surface area contributed by atoms with Gasteiger partial charge in [-0.2, -0.15) is 0 Å². The van der Waals surface area contributed by atoms with Crippen LogP contribution in [0.5, 0.6) is 5.75 Å². The van der Waals surface area contributed by atoms with Crippen LogP contribution in [-0.4, -0.2) is 25.3 Å². The highest BCUT2D eigenvalue weighted by Crippen LogP contribution is 2.25. The number of nitrogens with zero attached hydrogens (tertiary/aromatic N) is 4. The molecule has 0 radical (unpaired) electrons. The zero-order valence-corrected chi connectivity index (χ0v) is 14.5. The van der Waals surface area contributed by atoms with Gasteiger partial charge in [-0.3, -0.25) is 13.8 Å². The second-order valence-corrected chi connectivity index (χ2v) is 6.10. The Morgan fingerprint density at radius 1 is 1.07 bits per heavy atom. The summed E-state index contributed by atoms with van der Waals surface area (Å²) in [6.07, 6.45) is 3.75. The monoisotopic (exact) mass is 386 g/mol. The topological polar surface area (TPSA) is 61.4 Å². The van der Waals surface area contributed by atoms with Gasteiger partial charge in [-0.1, -0.05) is 0 Å². The molecule has 1 aromatic carbocycles. The van der Waals surface area contributed by atoms with E-state index in [-0.39, 0.29) is 11.3 Å². The molecular weight excluding hydrogens is 373 g/mol. The predicted molar refractivity (Wildman–Crippen MR) is 95.4 cm³/mol. The largest absolute Gasteiger partial charge is 0.573 e. The van der Waals surface area contributed by atoms with Gasteiger partial charge in [-0.15, -0.1) is 13.2 Å². The second-order valence-electron chi connectivity index (χ2n) is 6.10. The minimum atomic E-state index is -4.77. The fraction of sp³-hybridized carbons (Fsp3) is 0.105. The number of fused-ring (bicyclic) bond motifs is 1. The molecule has 0 aliphatic carbocycles. The van der Waals surface area contributed by atoms with Crippen molar-refractivity contribution >= 4 is 5.78 Å². The number of ether oxygens (including phenoxy) is 1. The maximum Gasteiger partial charge on any atom is 0.573 e. The fourth-order valence-electron chi connectivity index (χ4n) is 2.89.